The standard InChI is InChI=1S/C26H27N3O6S/c1-35-22-8-4-18(5-9-22)19-6-10-23(11-7-19)36(33,34)28-24(26(31)32)20-12-15-29(16-13-20)25(30)21-3-2-14-27-17-21/h2-11,14,17,20,24,28H,12-13,15-16H2,1H3,(H,31,32). The van der Waals surface area contributed by atoms with Crippen LogP contribution in [0.15, 0.2) is 78.0 Å². The number of nitrogens with zero attached hydrogens (tertiary/aromatic N) is 2. The van der Waals surface area contributed by atoms with Gasteiger partial charge in [0, 0.05) is 25.5 Å². The molecular weight excluding hydrogens is 482 g/mol. The number of methoxy groups -OCH3 is 1. The van der Waals surface area contributed by atoms with E-state index in [0.29, 0.717) is 37.2 Å². The van der Waals surface area contributed by atoms with Gasteiger partial charge in [-0.15, -0.1) is 0 Å². The zero-order valence-corrected chi connectivity index (χ0v) is 20.5. The lowest BCUT2D eigenvalue weighted by molar-refractivity contribution is -0.140. The minimum Gasteiger partial charge on any atom is -0.497 e. The van der Waals surface area contributed by atoms with Crippen molar-refractivity contribution >= 4 is 21.9 Å². The molecule has 1 unspecified atom stereocenters. The third kappa shape index (κ3) is 5.72. The van der Waals surface area contributed by atoms with Crippen molar-refractivity contribution in [1.29, 1.82) is 0 Å². The Morgan fingerprint density at radius 2 is 1.64 bits per heavy atom. The van der Waals surface area contributed by atoms with Crippen molar-refractivity contribution in [1.82, 2.24) is 14.6 Å². The number of likely N-dealkylation sites (tertiary alicyclic amines) is 1. The lowest BCUT2D eigenvalue weighted by Gasteiger charge is -2.34. The van der Waals surface area contributed by atoms with E-state index in [0.717, 1.165) is 11.1 Å². The van der Waals surface area contributed by atoms with Gasteiger partial charge in [0.25, 0.3) is 5.91 Å². The molecule has 0 aliphatic carbocycles. The molecule has 1 atom stereocenters. The second kappa shape index (κ2) is 10.9. The largest absolute Gasteiger partial charge is 0.497 e. The van der Waals surface area contributed by atoms with Gasteiger partial charge in [-0.3, -0.25) is 14.6 Å². The van der Waals surface area contributed by atoms with Crippen molar-refractivity contribution in [2.24, 2.45) is 5.92 Å². The molecule has 1 fully saturated rings. The van der Waals surface area contributed by atoms with Crippen LogP contribution in [0.2, 0.25) is 0 Å². The van der Waals surface area contributed by atoms with Gasteiger partial charge in [-0.1, -0.05) is 24.3 Å². The number of amides is 1. The van der Waals surface area contributed by atoms with Crippen LogP contribution in [0, 0.1) is 5.92 Å². The number of carbonyl (C=O) groups excluding carboxylic acids is 1. The van der Waals surface area contributed by atoms with Gasteiger partial charge < -0.3 is 14.7 Å². The molecule has 2 aromatic carbocycles. The van der Waals surface area contributed by atoms with E-state index in [1.54, 1.807) is 42.5 Å². The maximum atomic E-state index is 13.0. The van der Waals surface area contributed by atoms with Crippen molar-refractivity contribution in [3.63, 3.8) is 0 Å². The van der Waals surface area contributed by atoms with Gasteiger partial charge in [0.1, 0.15) is 11.8 Å². The number of carboxylic acids is 1. The molecule has 0 bridgehead atoms. The Bertz CT molecular complexity index is 1300. The number of aliphatic carboxylic acids is 1. The number of carbonyl (C=O) groups is 2. The lowest BCUT2D eigenvalue weighted by atomic mass is 9.89. The van der Waals surface area contributed by atoms with Crippen molar-refractivity contribution in [3.05, 3.63) is 78.6 Å². The highest BCUT2D eigenvalue weighted by Crippen LogP contribution is 2.26. The number of carboxylic acid groups (broad SMARTS) is 1. The molecule has 188 valence electrons. The number of hydrogen-bond donors (Lipinski definition) is 2. The van der Waals surface area contributed by atoms with Gasteiger partial charge in [0.2, 0.25) is 10.0 Å². The molecule has 1 saturated heterocycles. The molecule has 0 spiro atoms. The van der Waals surface area contributed by atoms with Crippen LogP contribution in [-0.4, -0.2) is 61.5 Å². The lowest BCUT2D eigenvalue weighted by Crippen LogP contribution is -2.50. The number of hydrogen-bond acceptors (Lipinski definition) is 6. The number of nitrogens with one attached hydrogen (secondary N) is 1. The quantitative estimate of drug-likeness (QED) is 0.478. The maximum Gasteiger partial charge on any atom is 0.322 e. The van der Waals surface area contributed by atoms with E-state index in [1.165, 1.54) is 18.3 Å². The molecule has 2 N–H and O–H groups in total. The fourth-order valence-corrected chi connectivity index (χ4v) is 5.56. The van der Waals surface area contributed by atoms with Crippen LogP contribution in [-0.2, 0) is 14.8 Å². The molecule has 3 aromatic rings. The van der Waals surface area contributed by atoms with Gasteiger partial charge in [0.05, 0.1) is 17.6 Å². The number of benzene rings is 2. The summed E-state index contributed by atoms with van der Waals surface area (Å²) in [4.78, 5) is 30.2. The van der Waals surface area contributed by atoms with Crippen LogP contribution in [0.5, 0.6) is 5.75 Å². The first-order valence-electron chi connectivity index (χ1n) is 11.5. The molecule has 4 rings (SSSR count). The Labute approximate surface area is 209 Å². The number of rotatable bonds is 8. The second-order valence-electron chi connectivity index (χ2n) is 8.56. The number of aromatic nitrogens is 1. The first-order valence-corrected chi connectivity index (χ1v) is 13.0. The van der Waals surface area contributed by atoms with Gasteiger partial charge >= 0.3 is 5.97 Å². The summed E-state index contributed by atoms with van der Waals surface area (Å²) in [5.41, 5.74) is 2.17. The van der Waals surface area contributed by atoms with Gasteiger partial charge in [-0.2, -0.15) is 4.72 Å². The third-order valence-electron chi connectivity index (χ3n) is 6.34. The summed E-state index contributed by atoms with van der Waals surface area (Å²) in [6.07, 6.45) is 3.80. The summed E-state index contributed by atoms with van der Waals surface area (Å²) in [5.74, 6) is -1.15. The zero-order valence-electron chi connectivity index (χ0n) is 19.7. The van der Waals surface area contributed by atoms with Crippen LogP contribution in [0.1, 0.15) is 23.2 Å². The predicted octanol–water partition coefficient (Wildman–Crippen LogP) is 3.04. The highest BCUT2D eigenvalue weighted by atomic mass is 32.2. The SMILES string of the molecule is COc1ccc(-c2ccc(S(=O)(=O)NC(C(=O)O)C3CCN(C(=O)c4cccnc4)CC3)cc2)cc1. The summed E-state index contributed by atoms with van der Waals surface area (Å²) in [6, 6.07) is 15.7. The molecular formula is C26H27N3O6S. The van der Waals surface area contributed by atoms with Crippen molar-refractivity contribution in [2.75, 3.05) is 20.2 Å². The summed E-state index contributed by atoms with van der Waals surface area (Å²) in [7, 11) is -2.50. The second-order valence-corrected chi connectivity index (χ2v) is 10.3. The fourth-order valence-electron chi connectivity index (χ4n) is 4.30. The minimum atomic E-state index is -4.08. The highest BCUT2D eigenvalue weighted by molar-refractivity contribution is 7.89. The Morgan fingerprint density at radius 1 is 1.03 bits per heavy atom. The number of ether oxygens (including phenoxy) is 1. The molecule has 1 amide bonds. The van der Waals surface area contributed by atoms with Crippen molar-refractivity contribution in [2.45, 2.75) is 23.8 Å². The average molecular weight is 510 g/mol. The predicted molar refractivity (Wildman–Crippen MR) is 133 cm³/mol. The smallest absolute Gasteiger partial charge is 0.322 e. The topological polar surface area (TPSA) is 126 Å². The fraction of sp³-hybridized carbons (Fsp3) is 0.269. The summed E-state index contributed by atoms with van der Waals surface area (Å²) < 4.78 is 33.6. The molecule has 10 heteroatoms. The molecule has 9 nitrogen and oxygen atoms in total. The summed E-state index contributed by atoms with van der Waals surface area (Å²) in [6.45, 7) is 0.668. The van der Waals surface area contributed by atoms with E-state index in [1.807, 2.05) is 24.3 Å². The van der Waals surface area contributed by atoms with Crippen LogP contribution in [0.25, 0.3) is 11.1 Å². The Kier molecular flexibility index (Phi) is 7.66. The molecule has 0 saturated carbocycles. The van der Waals surface area contributed by atoms with E-state index in [4.69, 9.17) is 4.74 Å². The van der Waals surface area contributed by atoms with Gasteiger partial charge in [-0.25, -0.2) is 8.42 Å². The third-order valence-corrected chi connectivity index (χ3v) is 7.80. The van der Waals surface area contributed by atoms with E-state index >= 15 is 0 Å². The van der Waals surface area contributed by atoms with Crippen LogP contribution < -0.4 is 9.46 Å². The van der Waals surface area contributed by atoms with Crippen molar-refractivity contribution in [3.8, 4) is 16.9 Å². The Hall–Kier alpha value is -3.76. The summed E-state index contributed by atoms with van der Waals surface area (Å²) in [5, 5.41) is 9.80. The normalized spacial score (nSPS) is 15.3. The average Bonchev–Trinajstić information content (AvgIpc) is 2.92. The first-order chi connectivity index (χ1) is 17.3. The van der Waals surface area contributed by atoms with Gasteiger partial charge in [0.15, 0.2) is 0 Å². The van der Waals surface area contributed by atoms with Gasteiger partial charge in [-0.05, 0) is 66.3 Å². The number of piperidine rings is 1. The maximum absolute atomic E-state index is 13.0. The Balaban J connectivity index is 1.42. The molecule has 1 aromatic heterocycles. The molecule has 0 radical (unpaired) electrons. The van der Waals surface area contributed by atoms with Crippen LogP contribution >= 0.6 is 0 Å². The molecule has 36 heavy (non-hydrogen) atoms. The summed E-state index contributed by atoms with van der Waals surface area (Å²) >= 11 is 0. The zero-order chi connectivity index (χ0) is 25.7. The van der Waals surface area contributed by atoms with Crippen LogP contribution in [0.3, 0.4) is 0 Å². The molecule has 2 heterocycles. The number of sulfonamides is 1. The Morgan fingerprint density at radius 3 is 2.17 bits per heavy atom. The number of pyridine rings is 1. The highest BCUT2D eigenvalue weighted by Gasteiger charge is 2.36. The van der Waals surface area contributed by atoms with E-state index in [-0.39, 0.29) is 10.8 Å². The molecule has 1 aliphatic rings. The first kappa shape index (κ1) is 25.3. The van der Waals surface area contributed by atoms with E-state index < -0.39 is 28.0 Å². The monoisotopic (exact) mass is 509 g/mol. The van der Waals surface area contributed by atoms with Crippen molar-refractivity contribution < 1.29 is 27.9 Å². The van der Waals surface area contributed by atoms with Crippen LogP contribution in [0.4, 0.5) is 0 Å². The molecule has 1 aliphatic heterocycles. The minimum absolute atomic E-state index is 0.0183. The van der Waals surface area contributed by atoms with E-state index in [9.17, 15) is 23.1 Å². The van der Waals surface area contributed by atoms with E-state index in [2.05, 4.69) is 9.71 Å².